The number of amides is 1. The zero-order valence-electron chi connectivity index (χ0n) is 4.55. The minimum Gasteiger partial charge on any atom is -0.253 e. The Labute approximate surface area is 62.2 Å². The third-order valence-corrected chi connectivity index (χ3v) is 2.73. The van der Waals surface area contributed by atoms with Gasteiger partial charge in [0.25, 0.3) is 0 Å². The van der Waals surface area contributed by atoms with Gasteiger partial charge in [0, 0.05) is 12.5 Å². The summed E-state index contributed by atoms with van der Waals surface area (Å²) in [5.74, 6) is 0. The molecule has 0 fully saturated rings. The molecule has 0 rings (SSSR count). The Morgan fingerprint density at radius 1 is 1.50 bits per heavy atom. The second-order valence-electron chi connectivity index (χ2n) is 0.875. The second-order valence-corrected chi connectivity index (χ2v) is 2.89. The van der Waals surface area contributed by atoms with E-state index in [1.807, 2.05) is 0 Å². The summed E-state index contributed by atoms with van der Waals surface area (Å²) in [6, 6.07) is 0. The van der Waals surface area contributed by atoms with Crippen molar-refractivity contribution in [2.24, 2.45) is 0 Å². The first-order valence-corrected chi connectivity index (χ1v) is 4.54. The zero-order chi connectivity index (χ0) is 6.57. The molecule has 2 nitrogen and oxygen atoms in total. The van der Waals surface area contributed by atoms with Crippen LogP contribution in [0.5, 0.6) is 0 Å². The minimum absolute atomic E-state index is 0.440. The molecule has 0 atom stereocenters. The van der Waals surface area contributed by atoms with Gasteiger partial charge in [0.05, 0.1) is 0 Å². The van der Waals surface area contributed by atoms with Gasteiger partial charge < -0.3 is 0 Å². The van der Waals surface area contributed by atoms with E-state index in [1.165, 1.54) is 27.6 Å². The molecule has 0 saturated carbocycles. The number of hydrogen-bond donors (Lipinski definition) is 0. The molecule has 0 saturated heterocycles. The lowest BCUT2D eigenvalue weighted by atomic mass is 11.5. The lowest BCUT2D eigenvalue weighted by molar-refractivity contribution is 0.258. The summed E-state index contributed by atoms with van der Waals surface area (Å²) in [6.07, 6.45) is 3.58. The standard InChI is InChI=1S/C3H6ClNOS2/c1-7-5(8-2)3(4)6/h1-2H3. The summed E-state index contributed by atoms with van der Waals surface area (Å²) >= 11 is 7.68. The van der Waals surface area contributed by atoms with E-state index < -0.39 is 5.37 Å². The molecule has 8 heavy (non-hydrogen) atoms. The van der Waals surface area contributed by atoms with Crippen molar-refractivity contribution in [2.75, 3.05) is 12.5 Å². The van der Waals surface area contributed by atoms with Gasteiger partial charge in [-0.1, -0.05) is 0 Å². The fourth-order valence-corrected chi connectivity index (χ4v) is 1.52. The fraction of sp³-hybridized carbons (Fsp3) is 0.667. The number of carbonyl (C=O) groups is 1. The van der Waals surface area contributed by atoms with E-state index in [1.54, 1.807) is 12.5 Å². The molecule has 0 aliphatic rings. The summed E-state index contributed by atoms with van der Waals surface area (Å²) in [5.41, 5.74) is 0. The highest BCUT2D eigenvalue weighted by Gasteiger charge is 2.05. The summed E-state index contributed by atoms with van der Waals surface area (Å²) < 4.78 is 1.38. The molecular weight excluding hydrogens is 166 g/mol. The van der Waals surface area contributed by atoms with Gasteiger partial charge in [-0.15, -0.1) is 0 Å². The molecule has 0 aromatic heterocycles. The summed E-state index contributed by atoms with van der Waals surface area (Å²) in [4.78, 5) is 10.3. The van der Waals surface area contributed by atoms with Gasteiger partial charge in [-0.25, -0.2) is 3.71 Å². The number of carbonyl (C=O) groups excluding carboxylic acids is 1. The van der Waals surface area contributed by atoms with Crippen LogP contribution in [0.2, 0.25) is 0 Å². The molecule has 0 heterocycles. The van der Waals surface area contributed by atoms with Gasteiger partial charge in [0.2, 0.25) is 0 Å². The van der Waals surface area contributed by atoms with E-state index in [0.29, 0.717) is 0 Å². The predicted octanol–water partition coefficient (Wildman–Crippen LogP) is 2.20. The molecule has 0 bridgehead atoms. The van der Waals surface area contributed by atoms with Crippen LogP contribution in [0.3, 0.4) is 0 Å². The van der Waals surface area contributed by atoms with E-state index in [-0.39, 0.29) is 0 Å². The van der Waals surface area contributed by atoms with Gasteiger partial charge in [0.15, 0.2) is 0 Å². The molecule has 0 unspecified atom stereocenters. The van der Waals surface area contributed by atoms with Crippen LogP contribution in [-0.2, 0) is 0 Å². The monoisotopic (exact) mass is 171 g/mol. The molecule has 0 aromatic rings. The minimum atomic E-state index is -0.440. The second kappa shape index (κ2) is 4.35. The molecule has 0 N–H and O–H groups in total. The molecule has 0 spiro atoms. The molecule has 0 aromatic carbocycles. The summed E-state index contributed by atoms with van der Waals surface area (Å²) in [6.45, 7) is 0. The van der Waals surface area contributed by atoms with Crippen LogP contribution in [0.25, 0.3) is 0 Å². The Hall–Kier alpha value is 0.460. The average molecular weight is 172 g/mol. The Morgan fingerprint density at radius 2 is 1.88 bits per heavy atom. The average Bonchev–Trinajstić information content (AvgIpc) is 1.69. The van der Waals surface area contributed by atoms with Crippen LogP contribution in [0, 0.1) is 0 Å². The molecule has 48 valence electrons. The zero-order valence-corrected chi connectivity index (χ0v) is 6.94. The first-order valence-electron chi connectivity index (χ1n) is 1.80. The lowest BCUT2D eigenvalue weighted by Crippen LogP contribution is -2.06. The Morgan fingerprint density at radius 3 is 1.88 bits per heavy atom. The van der Waals surface area contributed by atoms with Crippen molar-refractivity contribution in [1.82, 2.24) is 3.71 Å². The predicted molar refractivity (Wildman–Crippen MR) is 40.1 cm³/mol. The smallest absolute Gasteiger partial charge is 0.253 e. The van der Waals surface area contributed by atoms with E-state index in [4.69, 9.17) is 11.6 Å². The van der Waals surface area contributed by atoms with E-state index in [2.05, 4.69) is 0 Å². The highest BCUT2D eigenvalue weighted by atomic mass is 35.5. The van der Waals surface area contributed by atoms with Crippen molar-refractivity contribution >= 4 is 40.9 Å². The Kier molecular flexibility index (Phi) is 4.60. The van der Waals surface area contributed by atoms with Crippen molar-refractivity contribution in [3.8, 4) is 0 Å². The first-order chi connectivity index (χ1) is 3.72. The molecule has 5 heteroatoms. The number of rotatable bonds is 2. The van der Waals surface area contributed by atoms with E-state index >= 15 is 0 Å². The quantitative estimate of drug-likeness (QED) is 0.361. The van der Waals surface area contributed by atoms with Crippen molar-refractivity contribution < 1.29 is 4.79 Å². The Balaban J connectivity index is 3.52. The van der Waals surface area contributed by atoms with Crippen LogP contribution in [-0.4, -0.2) is 21.6 Å². The largest absolute Gasteiger partial charge is 0.336 e. The van der Waals surface area contributed by atoms with Crippen molar-refractivity contribution in [3.05, 3.63) is 0 Å². The van der Waals surface area contributed by atoms with Crippen LogP contribution in [0.15, 0.2) is 0 Å². The van der Waals surface area contributed by atoms with Crippen LogP contribution in [0.4, 0.5) is 4.79 Å². The number of nitrogens with zero attached hydrogens (tertiary/aromatic N) is 1. The van der Waals surface area contributed by atoms with Crippen molar-refractivity contribution in [1.29, 1.82) is 0 Å². The fourth-order valence-electron chi connectivity index (χ4n) is 0.218. The van der Waals surface area contributed by atoms with Gasteiger partial charge in [-0.2, -0.15) is 0 Å². The maximum atomic E-state index is 10.3. The Bertz CT molecular complexity index is 85.4. The molecule has 0 radical (unpaired) electrons. The number of halogens is 1. The van der Waals surface area contributed by atoms with E-state index in [9.17, 15) is 4.79 Å². The van der Waals surface area contributed by atoms with Gasteiger partial charge in [0.1, 0.15) is 0 Å². The maximum absolute atomic E-state index is 10.3. The van der Waals surface area contributed by atoms with Crippen LogP contribution in [0.1, 0.15) is 0 Å². The van der Waals surface area contributed by atoms with Crippen molar-refractivity contribution in [2.45, 2.75) is 0 Å². The topological polar surface area (TPSA) is 20.3 Å². The van der Waals surface area contributed by atoms with E-state index in [0.717, 1.165) is 0 Å². The third-order valence-electron chi connectivity index (χ3n) is 0.475. The molecular formula is C3H6ClNOS2. The molecule has 1 amide bonds. The highest BCUT2D eigenvalue weighted by Crippen LogP contribution is 2.18. The summed E-state index contributed by atoms with van der Waals surface area (Å²) in [5, 5.41) is -0.440. The van der Waals surface area contributed by atoms with Crippen LogP contribution >= 0.6 is 35.5 Å². The van der Waals surface area contributed by atoms with Gasteiger partial charge in [-0.05, 0) is 35.5 Å². The maximum Gasteiger partial charge on any atom is 0.336 e. The van der Waals surface area contributed by atoms with Crippen molar-refractivity contribution in [3.63, 3.8) is 0 Å². The lowest BCUT2D eigenvalue weighted by Gasteiger charge is -2.09. The number of hydrogen-bond acceptors (Lipinski definition) is 3. The van der Waals surface area contributed by atoms with Gasteiger partial charge >= 0.3 is 5.37 Å². The summed E-state index contributed by atoms with van der Waals surface area (Å²) in [7, 11) is 0. The highest BCUT2D eigenvalue weighted by molar-refractivity contribution is 8.12. The molecule has 0 aliphatic carbocycles. The SMILES string of the molecule is CSN(SC)C(=O)Cl. The third kappa shape index (κ3) is 2.69. The van der Waals surface area contributed by atoms with Gasteiger partial charge in [-0.3, -0.25) is 4.79 Å². The normalized spacial score (nSPS) is 8.88. The first kappa shape index (κ1) is 8.46. The van der Waals surface area contributed by atoms with Crippen LogP contribution < -0.4 is 0 Å². The molecule has 0 aliphatic heterocycles.